The monoisotopic (exact) mass is 319 g/mol. The van der Waals surface area contributed by atoms with Crippen molar-refractivity contribution in [2.75, 3.05) is 12.9 Å². The van der Waals surface area contributed by atoms with Crippen molar-refractivity contribution in [1.82, 2.24) is 15.0 Å². The normalized spacial score (nSPS) is 9.59. The lowest BCUT2D eigenvalue weighted by Gasteiger charge is -2.03. The fraction of sp³-hybridized carbons (Fsp3) is 0.375. The quantitative estimate of drug-likeness (QED) is 0.351. The van der Waals surface area contributed by atoms with Gasteiger partial charge in [-0.05, 0) is 24.6 Å². The maximum Gasteiger partial charge on any atom is 0.305 e. The number of hydrogen-bond donors (Lipinski definition) is 0. The molecule has 0 radical (unpaired) electrons. The van der Waals surface area contributed by atoms with Gasteiger partial charge in [-0.3, -0.25) is 9.78 Å². The van der Waals surface area contributed by atoms with E-state index in [1.54, 1.807) is 12.4 Å². The summed E-state index contributed by atoms with van der Waals surface area (Å²) in [5, 5.41) is 0.693. The van der Waals surface area contributed by atoms with Crippen molar-refractivity contribution in [3.8, 4) is 11.4 Å². The molecule has 0 aliphatic heterocycles. The number of rotatable bonds is 6. The molecule has 2 rings (SSSR count). The van der Waals surface area contributed by atoms with Gasteiger partial charge in [-0.2, -0.15) is 0 Å². The first-order valence-electron chi connectivity index (χ1n) is 7.23. The molecule has 5 nitrogen and oxygen atoms in total. The number of ether oxygens (including phenoxy) is 1. The van der Waals surface area contributed by atoms with Gasteiger partial charge in [0.05, 0.1) is 18.5 Å². The Kier molecular flexibility index (Phi) is 8.83. The highest BCUT2D eigenvalue weighted by Gasteiger charge is 2.05. The first kappa shape index (κ1) is 18.1. The van der Waals surface area contributed by atoms with Gasteiger partial charge in [-0.1, -0.05) is 31.7 Å². The molecule has 0 fully saturated rings. The lowest BCUT2D eigenvalue weighted by molar-refractivity contribution is -0.140. The van der Waals surface area contributed by atoms with Gasteiger partial charge in [-0.15, -0.1) is 0 Å². The fourth-order valence-corrected chi connectivity index (χ4v) is 2.32. The maximum absolute atomic E-state index is 11.0. The first-order valence-corrected chi connectivity index (χ1v) is 8.22. The van der Waals surface area contributed by atoms with Crippen molar-refractivity contribution in [2.24, 2.45) is 0 Å². The third-order valence-corrected chi connectivity index (χ3v) is 3.49. The van der Waals surface area contributed by atoms with Gasteiger partial charge in [-0.25, -0.2) is 9.97 Å². The van der Waals surface area contributed by atoms with Crippen LogP contribution < -0.4 is 0 Å². The zero-order valence-corrected chi connectivity index (χ0v) is 14.0. The van der Waals surface area contributed by atoms with E-state index in [1.807, 2.05) is 38.1 Å². The second-order valence-electron chi connectivity index (χ2n) is 3.97. The molecular formula is C16H21N3O2S. The first-order chi connectivity index (χ1) is 10.8. The Morgan fingerprint density at radius 2 is 1.95 bits per heavy atom. The largest absolute Gasteiger partial charge is 0.469 e. The molecule has 0 aliphatic rings. The van der Waals surface area contributed by atoms with Crippen molar-refractivity contribution >= 4 is 17.7 Å². The molecule has 0 aromatic carbocycles. The minimum Gasteiger partial charge on any atom is -0.469 e. The van der Waals surface area contributed by atoms with E-state index < -0.39 is 0 Å². The summed E-state index contributed by atoms with van der Waals surface area (Å²) in [6, 6.07) is 7.54. The van der Waals surface area contributed by atoms with E-state index in [0.717, 1.165) is 23.6 Å². The maximum atomic E-state index is 11.0. The predicted octanol–water partition coefficient (Wildman–Crippen LogP) is 3.61. The number of methoxy groups -OCH3 is 1. The second kappa shape index (κ2) is 10.7. The molecule has 2 heterocycles. The SMILES string of the molecule is CC.COC(=O)CCCSc1nccc(-c2ccccn2)n1. The summed E-state index contributed by atoms with van der Waals surface area (Å²) in [4.78, 5) is 23.9. The van der Waals surface area contributed by atoms with E-state index in [9.17, 15) is 4.79 Å². The van der Waals surface area contributed by atoms with Crippen LogP contribution in [0.4, 0.5) is 0 Å². The number of hydrogen-bond acceptors (Lipinski definition) is 6. The summed E-state index contributed by atoms with van der Waals surface area (Å²) in [6.45, 7) is 4.00. The predicted molar refractivity (Wildman–Crippen MR) is 88.6 cm³/mol. The van der Waals surface area contributed by atoms with E-state index in [-0.39, 0.29) is 5.97 Å². The molecule has 0 amide bonds. The second-order valence-corrected chi connectivity index (χ2v) is 5.03. The Hall–Kier alpha value is -1.95. The van der Waals surface area contributed by atoms with Gasteiger partial charge in [0, 0.05) is 24.6 Å². The molecule has 118 valence electrons. The van der Waals surface area contributed by atoms with Gasteiger partial charge < -0.3 is 4.74 Å². The van der Waals surface area contributed by atoms with E-state index >= 15 is 0 Å². The van der Waals surface area contributed by atoms with Gasteiger partial charge in [0.1, 0.15) is 0 Å². The molecule has 0 atom stereocenters. The smallest absolute Gasteiger partial charge is 0.305 e. The highest BCUT2D eigenvalue weighted by atomic mass is 32.2. The van der Waals surface area contributed by atoms with Gasteiger partial charge >= 0.3 is 5.97 Å². The highest BCUT2D eigenvalue weighted by molar-refractivity contribution is 7.99. The molecule has 0 saturated heterocycles. The topological polar surface area (TPSA) is 65.0 Å². The van der Waals surface area contributed by atoms with E-state index in [1.165, 1.54) is 18.9 Å². The Morgan fingerprint density at radius 1 is 1.14 bits per heavy atom. The molecule has 2 aromatic rings. The Labute approximate surface area is 135 Å². The molecular weight excluding hydrogens is 298 g/mol. The number of esters is 1. The summed E-state index contributed by atoms with van der Waals surface area (Å²) in [5.74, 6) is 0.592. The van der Waals surface area contributed by atoms with Crippen LogP contribution in [0, 0.1) is 0 Å². The van der Waals surface area contributed by atoms with Crippen LogP contribution in [0.3, 0.4) is 0 Å². The molecule has 22 heavy (non-hydrogen) atoms. The Morgan fingerprint density at radius 3 is 2.64 bits per heavy atom. The zero-order chi connectivity index (χ0) is 16.2. The number of carbonyl (C=O) groups is 1. The average molecular weight is 319 g/mol. The third-order valence-electron chi connectivity index (χ3n) is 2.54. The molecule has 0 bridgehead atoms. The summed E-state index contributed by atoms with van der Waals surface area (Å²) in [7, 11) is 1.40. The molecule has 0 aliphatic carbocycles. The Balaban J connectivity index is 0.00000116. The Bertz CT molecular complexity index is 564. The van der Waals surface area contributed by atoms with E-state index in [0.29, 0.717) is 11.6 Å². The van der Waals surface area contributed by atoms with Crippen LogP contribution in [-0.2, 0) is 9.53 Å². The van der Waals surface area contributed by atoms with E-state index in [2.05, 4.69) is 19.7 Å². The van der Waals surface area contributed by atoms with Crippen molar-refractivity contribution in [2.45, 2.75) is 31.8 Å². The molecule has 0 spiro atoms. The van der Waals surface area contributed by atoms with Crippen molar-refractivity contribution < 1.29 is 9.53 Å². The van der Waals surface area contributed by atoms with E-state index in [4.69, 9.17) is 0 Å². The number of pyridine rings is 1. The van der Waals surface area contributed by atoms with Gasteiger partial charge in [0.25, 0.3) is 0 Å². The van der Waals surface area contributed by atoms with Gasteiger partial charge in [0.15, 0.2) is 5.16 Å². The summed E-state index contributed by atoms with van der Waals surface area (Å²) < 4.78 is 4.59. The highest BCUT2D eigenvalue weighted by Crippen LogP contribution is 2.19. The average Bonchev–Trinajstić information content (AvgIpc) is 2.61. The van der Waals surface area contributed by atoms with Crippen molar-refractivity contribution in [1.29, 1.82) is 0 Å². The number of aromatic nitrogens is 3. The standard InChI is InChI=1S/C14H15N3O2S.C2H6/c1-19-13(18)6-4-10-20-14-16-9-7-12(17-14)11-5-2-3-8-15-11;1-2/h2-3,5,7-9H,4,6,10H2,1H3;1-2H3. The van der Waals surface area contributed by atoms with Crippen LogP contribution >= 0.6 is 11.8 Å². The lowest BCUT2D eigenvalue weighted by atomic mass is 10.3. The minimum absolute atomic E-state index is 0.186. The molecule has 2 aromatic heterocycles. The number of nitrogens with zero attached hydrogens (tertiary/aromatic N) is 3. The van der Waals surface area contributed by atoms with Crippen LogP contribution in [0.15, 0.2) is 41.8 Å². The summed E-state index contributed by atoms with van der Waals surface area (Å²) in [6.07, 6.45) is 4.62. The minimum atomic E-state index is -0.186. The molecule has 6 heteroatoms. The van der Waals surface area contributed by atoms with Crippen molar-refractivity contribution in [3.05, 3.63) is 36.7 Å². The van der Waals surface area contributed by atoms with Crippen LogP contribution in [-0.4, -0.2) is 33.8 Å². The number of thioether (sulfide) groups is 1. The molecule has 0 N–H and O–H groups in total. The third kappa shape index (κ3) is 6.22. The molecule has 0 unspecified atom stereocenters. The van der Waals surface area contributed by atoms with Crippen LogP contribution in [0.2, 0.25) is 0 Å². The summed E-state index contributed by atoms with van der Waals surface area (Å²) >= 11 is 1.52. The lowest BCUT2D eigenvalue weighted by Crippen LogP contribution is -2.00. The van der Waals surface area contributed by atoms with Crippen LogP contribution in [0.1, 0.15) is 26.7 Å². The van der Waals surface area contributed by atoms with Gasteiger partial charge in [0.2, 0.25) is 0 Å². The fourth-order valence-electron chi connectivity index (χ4n) is 1.55. The van der Waals surface area contributed by atoms with Crippen LogP contribution in [0.25, 0.3) is 11.4 Å². The zero-order valence-electron chi connectivity index (χ0n) is 13.2. The van der Waals surface area contributed by atoms with Crippen LogP contribution in [0.5, 0.6) is 0 Å². The van der Waals surface area contributed by atoms with Crippen molar-refractivity contribution in [3.63, 3.8) is 0 Å². The number of carbonyl (C=O) groups excluding carboxylic acids is 1. The molecule has 0 saturated carbocycles. The summed E-state index contributed by atoms with van der Waals surface area (Å²) in [5.41, 5.74) is 1.63.